The largest absolute Gasteiger partial charge is 0.480 e. The third-order valence-electron chi connectivity index (χ3n) is 2.00. The zero-order valence-corrected chi connectivity index (χ0v) is 8.88. The monoisotopic (exact) mass is 223 g/mol. The van der Waals surface area contributed by atoms with Gasteiger partial charge < -0.3 is 15.7 Å². The first-order valence-corrected chi connectivity index (χ1v) is 4.77. The van der Waals surface area contributed by atoms with Gasteiger partial charge in [-0.25, -0.2) is 4.98 Å². The van der Waals surface area contributed by atoms with E-state index >= 15 is 0 Å². The first-order chi connectivity index (χ1) is 7.54. The van der Waals surface area contributed by atoms with Crippen LogP contribution in [0.3, 0.4) is 0 Å². The van der Waals surface area contributed by atoms with Gasteiger partial charge in [-0.3, -0.25) is 9.59 Å². The summed E-state index contributed by atoms with van der Waals surface area (Å²) in [5.41, 5.74) is 6.08. The molecular weight excluding hydrogens is 210 g/mol. The van der Waals surface area contributed by atoms with E-state index in [0.29, 0.717) is 12.2 Å². The molecule has 0 aromatic carbocycles. The molecule has 0 aliphatic heterocycles. The Morgan fingerprint density at radius 2 is 2.19 bits per heavy atom. The topological polar surface area (TPSA) is 96.5 Å². The van der Waals surface area contributed by atoms with E-state index in [1.54, 1.807) is 13.0 Å². The summed E-state index contributed by atoms with van der Waals surface area (Å²) in [4.78, 5) is 27.3. The molecule has 0 spiro atoms. The fourth-order valence-corrected chi connectivity index (χ4v) is 1.18. The van der Waals surface area contributed by atoms with Gasteiger partial charge >= 0.3 is 5.97 Å². The predicted octanol–water partition coefficient (Wildman–Crippen LogP) is 0.210. The van der Waals surface area contributed by atoms with Gasteiger partial charge in [0, 0.05) is 6.54 Å². The predicted molar refractivity (Wildman–Crippen MR) is 57.9 cm³/mol. The fourth-order valence-electron chi connectivity index (χ4n) is 1.18. The summed E-state index contributed by atoms with van der Waals surface area (Å²) < 4.78 is 0. The minimum Gasteiger partial charge on any atom is -0.480 e. The zero-order valence-electron chi connectivity index (χ0n) is 8.88. The number of amides is 1. The standard InChI is InChI=1S/C10H13N3O3/c1-2-13(6-9(14)15)10(16)8-4-3-7(11)5-12-8/h3-5H,2,6,11H2,1H3,(H,14,15). The number of pyridine rings is 1. The molecule has 0 saturated carbocycles. The molecule has 0 saturated heterocycles. The Morgan fingerprint density at radius 3 is 2.62 bits per heavy atom. The molecule has 0 aliphatic rings. The van der Waals surface area contributed by atoms with Gasteiger partial charge in [0.25, 0.3) is 5.91 Å². The van der Waals surface area contributed by atoms with Gasteiger partial charge in [0.1, 0.15) is 12.2 Å². The average Bonchev–Trinajstić information content (AvgIpc) is 2.25. The number of carbonyl (C=O) groups is 2. The molecule has 1 rings (SSSR count). The molecule has 0 aliphatic carbocycles. The molecule has 86 valence electrons. The summed E-state index contributed by atoms with van der Waals surface area (Å²) in [6.45, 7) is 1.69. The number of nitrogens with two attached hydrogens (primary N) is 1. The lowest BCUT2D eigenvalue weighted by Gasteiger charge is -2.17. The molecular formula is C10H13N3O3. The highest BCUT2D eigenvalue weighted by Gasteiger charge is 2.17. The van der Waals surface area contributed by atoms with Gasteiger partial charge in [0.2, 0.25) is 0 Å². The fraction of sp³-hybridized carbons (Fsp3) is 0.300. The lowest BCUT2D eigenvalue weighted by atomic mass is 10.3. The maximum Gasteiger partial charge on any atom is 0.323 e. The first kappa shape index (κ1) is 12.0. The number of nitrogens with zero attached hydrogens (tertiary/aromatic N) is 2. The molecule has 1 aromatic heterocycles. The number of carboxylic acids is 1. The molecule has 1 aromatic rings. The highest BCUT2D eigenvalue weighted by molar-refractivity contribution is 5.94. The number of aromatic nitrogens is 1. The van der Waals surface area contributed by atoms with E-state index in [0.717, 1.165) is 0 Å². The van der Waals surface area contributed by atoms with Gasteiger partial charge in [0.15, 0.2) is 0 Å². The number of hydrogen-bond donors (Lipinski definition) is 2. The van der Waals surface area contributed by atoms with Gasteiger partial charge in [-0.05, 0) is 19.1 Å². The second-order valence-corrected chi connectivity index (χ2v) is 3.19. The van der Waals surface area contributed by atoms with Crippen molar-refractivity contribution in [1.82, 2.24) is 9.88 Å². The number of rotatable bonds is 4. The summed E-state index contributed by atoms with van der Waals surface area (Å²) in [5.74, 6) is -1.46. The Kier molecular flexibility index (Phi) is 3.82. The van der Waals surface area contributed by atoms with Crippen molar-refractivity contribution in [3.05, 3.63) is 24.0 Å². The maximum atomic E-state index is 11.8. The minimum absolute atomic E-state index is 0.192. The van der Waals surface area contributed by atoms with Crippen molar-refractivity contribution in [2.75, 3.05) is 18.8 Å². The Bertz CT molecular complexity index is 389. The van der Waals surface area contributed by atoms with Crippen LogP contribution < -0.4 is 5.73 Å². The highest BCUT2D eigenvalue weighted by Crippen LogP contribution is 2.04. The molecule has 1 heterocycles. The number of carboxylic acid groups (broad SMARTS) is 1. The van der Waals surface area contributed by atoms with Crippen LogP contribution >= 0.6 is 0 Å². The number of carbonyl (C=O) groups excluding carboxylic acids is 1. The second kappa shape index (κ2) is 5.11. The van der Waals surface area contributed by atoms with Gasteiger partial charge in [0.05, 0.1) is 11.9 Å². The Labute approximate surface area is 92.7 Å². The smallest absolute Gasteiger partial charge is 0.323 e. The molecule has 6 heteroatoms. The van der Waals surface area contributed by atoms with Crippen molar-refractivity contribution in [3.8, 4) is 0 Å². The molecule has 1 amide bonds. The van der Waals surface area contributed by atoms with Crippen molar-refractivity contribution >= 4 is 17.6 Å². The lowest BCUT2D eigenvalue weighted by molar-refractivity contribution is -0.137. The molecule has 16 heavy (non-hydrogen) atoms. The Balaban J connectivity index is 2.82. The van der Waals surface area contributed by atoms with E-state index in [9.17, 15) is 9.59 Å². The molecule has 0 bridgehead atoms. The summed E-state index contributed by atoms with van der Waals surface area (Å²) in [7, 11) is 0. The molecule has 0 unspecified atom stereocenters. The highest BCUT2D eigenvalue weighted by atomic mass is 16.4. The van der Waals surface area contributed by atoms with Crippen LogP contribution in [0.2, 0.25) is 0 Å². The number of anilines is 1. The molecule has 0 fully saturated rings. The molecule has 0 atom stereocenters. The maximum absolute atomic E-state index is 11.8. The normalized spacial score (nSPS) is 9.81. The van der Waals surface area contributed by atoms with Crippen molar-refractivity contribution in [2.24, 2.45) is 0 Å². The van der Waals surface area contributed by atoms with E-state index in [4.69, 9.17) is 10.8 Å². The third-order valence-corrected chi connectivity index (χ3v) is 2.00. The zero-order chi connectivity index (χ0) is 12.1. The van der Waals surface area contributed by atoms with Crippen LogP contribution in [0.5, 0.6) is 0 Å². The van der Waals surface area contributed by atoms with Crippen LogP contribution in [0.25, 0.3) is 0 Å². The Hall–Kier alpha value is -2.11. The lowest BCUT2D eigenvalue weighted by Crippen LogP contribution is -2.35. The Morgan fingerprint density at radius 1 is 1.50 bits per heavy atom. The van der Waals surface area contributed by atoms with Crippen molar-refractivity contribution in [1.29, 1.82) is 0 Å². The van der Waals surface area contributed by atoms with E-state index < -0.39 is 11.9 Å². The van der Waals surface area contributed by atoms with Crippen molar-refractivity contribution in [2.45, 2.75) is 6.92 Å². The minimum atomic E-state index is -1.05. The summed E-state index contributed by atoms with van der Waals surface area (Å²) >= 11 is 0. The van der Waals surface area contributed by atoms with Gasteiger partial charge in [-0.2, -0.15) is 0 Å². The molecule has 6 nitrogen and oxygen atoms in total. The van der Waals surface area contributed by atoms with E-state index in [1.165, 1.54) is 17.2 Å². The van der Waals surface area contributed by atoms with E-state index in [1.807, 2.05) is 0 Å². The molecule has 0 radical (unpaired) electrons. The van der Waals surface area contributed by atoms with Crippen LogP contribution in [0, 0.1) is 0 Å². The number of aliphatic carboxylic acids is 1. The summed E-state index contributed by atoms with van der Waals surface area (Å²) in [6.07, 6.45) is 1.36. The van der Waals surface area contributed by atoms with Crippen molar-refractivity contribution < 1.29 is 14.7 Å². The molecule has 3 N–H and O–H groups in total. The quantitative estimate of drug-likeness (QED) is 0.760. The summed E-state index contributed by atoms with van der Waals surface area (Å²) in [6, 6.07) is 3.02. The van der Waals surface area contributed by atoms with E-state index in [2.05, 4.69) is 4.98 Å². The summed E-state index contributed by atoms with van der Waals surface area (Å²) in [5, 5.41) is 8.62. The number of hydrogen-bond acceptors (Lipinski definition) is 4. The first-order valence-electron chi connectivity index (χ1n) is 4.77. The number of nitrogen functional groups attached to an aromatic ring is 1. The second-order valence-electron chi connectivity index (χ2n) is 3.19. The van der Waals surface area contributed by atoms with Crippen LogP contribution in [0.1, 0.15) is 17.4 Å². The SMILES string of the molecule is CCN(CC(=O)O)C(=O)c1ccc(N)cn1. The van der Waals surface area contributed by atoms with Crippen LogP contribution in [0.15, 0.2) is 18.3 Å². The van der Waals surface area contributed by atoms with Crippen molar-refractivity contribution in [3.63, 3.8) is 0 Å². The van der Waals surface area contributed by atoms with Gasteiger partial charge in [-0.1, -0.05) is 0 Å². The third kappa shape index (κ3) is 2.94. The number of likely N-dealkylation sites (N-methyl/N-ethyl adjacent to an activating group) is 1. The van der Waals surface area contributed by atoms with Crippen LogP contribution in [-0.2, 0) is 4.79 Å². The van der Waals surface area contributed by atoms with Crippen LogP contribution in [-0.4, -0.2) is 40.0 Å². The van der Waals surface area contributed by atoms with Gasteiger partial charge in [-0.15, -0.1) is 0 Å². The van der Waals surface area contributed by atoms with Crippen LogP contribution in [0.4, 0.5) is 5.69 Å². The van der Waals surface area contributed by atoms with E-state index in [-0.39, 0.29) is 12.2 Å². The average molecular weight is 223 g/mol.